The largest absolute Gasteiger partial charge is 0.495 e. The molecule has 0 spiro atoms. The van der Waals surface area contributed by atoms with Crippen LogP contribution in [0.5, 0.6) is 5.75 Å². The van der Waals surface area contributed by atoms with E-state index in [1.165, 1.54) is 25.3 Å². The molecule has 0 bridgehead atoms. The molecule has 2 atom stereocenters. The molecule has 1 aliphatic heterocycles. The number of carbonyl (C=O) groups is 3. The molecule has 2 aliphatic rings. The van der Waals surface area contributed by atoms with Gasteiger partial charge in [0, 0.05) is 0 Å². The first-order valence-corrected chi connectivity index (χ1v) is 6.98. The number of ether oxygens (including phenoxy) is 1. The molecule has 2 amide bonds. The van der Waals surface area contributed by atoms with Crippen molar-refractivity contribution in [2.45, 2.75) is 12.8 Å². The smallest absolute Gasteiger partial charge is 0.335 e. The van der Waals surface area contributed by atoms with Gasteiger partial charge in [-0.1, -0.05) is 12.2 Å². The first kappa shape index (κ1) is 14.3. The summed E-state index contributed by atoms with van der Waals surface area (Å²) in [6, 6.07) is 4.14. The Balaban J connectivity index is 2.07. The number of amides is 2. The predicted octanol–water partition coefficient (Wildman–Crippen LogP) is 1.85. The summed E-state index contributed by atoms with van der Waals surface area (Å²) in [6.45, 7) is 0. The van der Waals surface area contributed by atoms with Crippen LogP contribution in [0.4, 0.5) is 5.69 Å². The van der Waals surface area contributed by atoms with Gasteiger partial charge in [0.2, 0.25) is 11.8 Å². The molecular formula is C16H15NO5. The fourth-order valence-electron chi connectivity index (χ4n) is 3.04. The average Bonchev–Trinajstić information content (AvgIpc) is 2.78. The molecular weight excluding hydrogens is 286 g/mol. The molecule has 1 heterocycles. The summed E-state index contributed by atoms with van der Waals surface area (Å²) < 4.78 is 5.19. The zero-order valence-electron chi connectivity index (χ0n) is 12.0. The first-order valence-electron chi connectivity index (χ1n) is 6.98. The van der Waals surface area contributed by atoms with E-state index in [-0.39, 0.29) is 34.9 Å². The molecule has 6 heteroatoms. The van der Waals surface area contributed by atoms with Crippen LogP contribution in [0.15, 0.2) is 30.4 Å². The Hall–Kier alpha value is -2.63. The minimum Gasteiger partial charge on any atom is -0.495 e. The number of benzene rings is 1. The molecule has 22 heavy (non-hydrogen) atoms. The molecule has 114 valence electrons. The van der Waals surface area contributed by atoms with Crippen molar-refractivity contribution in [1.29, 1.82) is 0 Å². The maximum atomic E-state index is 12.6. The van der Waals surface area contributed by atoms with Crippen molar-refractivity contribution >= 4 is 23.5 Å². The van der Waals surface area contributed by atoms with Gasteiger partial charge >= 0.3 is 5.97 Å². The van der Waals surface area contributed by atoms with Crippen LogP contribution in [0.3, 0.4) is 0 Å². The van der Waals surface area contributed by atoms with Crippen LogP contribution in [0.25, 0.3) is 0 Å². The minimum absolute atomic E-state index is 0.00407. The van der Waals surface area contributed by atoms with Crippen molar-refractivity contribution in [3.8, 4) is 5.75 Å². The van der Waals surface area contributed by atoms with Crippen molar-refractivity contribution in [2.24, 2.45) is 11.8 Å². The lowest BCUT2D eigenvalue weighted by Gasteiger charge is -2.18. The highest BCUT2D eigenvalue weighted by atomic mass is 16.5. The van der Waals surface area contributed by atoms with Gasteiger partial charge in [-0.2, -0.15) is 0 Å². The number of rotatable bonds is 3. The van der Waals surface area contributed by atoms with Crippen molar-refractivity contribution in [2.75, 3.05) is 12.0 Å². The number of anilines is 1. The van der Waals surface area contributed by atoms with E-state index in [9.17, 15) is 14.4 Å². The van der Waals surface area contributed by atoms with E-state index in [2.05, 4.69) is 0 Å². The Morgan fingerprint density at radius 2 is 1.77 bits per heavy atom. The third-order valence-corrected chi connectivity index (χ3v) is 4.17. The fourth-order valence-corrected chi connectivity index (χ4v) is 3.04. The van der Waals surface area contributed by atoms with Gasteiger partial charge in [0.25, 0.3) is 0 Å². The Morgan fingerprint density at radius 3 is 2.27 bits per heavy atom. The number of carboxylic acids is 1. The topological polar surface area (TPSA) is 83.9 Å². The maximum Gasteiger partial charge on any atom is 0.335 e. The predicted molar refractivity (Wildman–Crippen MR) is 77.8 cm³/mol. The number of carbonyl (C=O) groups excluding carboxylic acids is 2. The van der Waals surface area contributed by atoms with Gasteiger partial charge in [-0.15, -0.1) is 0 Å². The first-order chi connectivity index (χ1) is 10.5. The van der Waals surface area contributed by atoms with Crippen molar-refractivity contribution in [3.05, 3.63) is 35.9 Å². The van der Waals surface area contributed by atoms with E-state index in [4.69, 9.17) is 9.84 Å². The molecule has 1 saturated heterocycles. The van der Waals surface area contributed by atoms with Gasteiger partial charge in [-0.3, -0.25) is 9.59 Å². The lowest BCUT2D eigenvalue weighted by molar-refractivity contribution is -0.122. The van der Waals surface area contributed by atoms with Crippen molar-refractivity contribution < 1.29 is 24.2 Å². The van der Waals surface area contributed by atoms with Crippen LogP contribution in [-0.2, 0) is 9.59 Å². The van der Waals surface area contributed by atoms with Crippen molar-refractivity contribution in [1.82, 2.24) is 0 Å². The highest BCUT2D eigenvalue weighted by Crippen LogP contribution is 2.41. The highest BCUT2D eigenvalue weighted by molar-refractivity contribution is 6.23. The number of methoxy groups -OCH3 is 1. The minimum atomic E-state index is -1.12. The normalized spacial score (nSPS) is 23.6. The lowest BCUT2D eigenvalue weighted by Crippen LogP contribution is -2.31. The Labute approximate surface area is 127 Å². The fraction of sp³-hybridized carbons (Fsp3) is 0.312. The second-order valence-electron chi connectivity index (χ2n) is 5.36. The number of allylic oxidation sites excluding steroid dienone is 2. The number of fused-ring (bicyclic) bond motifs is 1. The van der Waals surface area contributed by atoms with Gasteiger partial charge in [0.15, 0.2) is 0 Å². The lowest BCUT2D eigenvalue weighted by atomic mass is 9.85. The molecule has 0 aromatic heterocycles. The third kappa shape index (κ3) is 2.07. The van der Waals surface area contributed by atoms with Gasteiger partial charge in [-0.25, -0.2) is 9.69 Å². The van der Waals surface area contributed by atoms with Gasteiger partial charge in [0.1, 0.15) is 5.75 Å². The Bertz CT molecular complexity index is 668. The van der Waals surface area contributed by atoms with Crippen molar-refractivity contribution in [3.63, 3.8) is 0 Å². The molecule has 0 radical (unpaired) electrons. The molecule has 6 nitrogen and oxygen atoms in total. The van der Waals surface area contributed by atoms with Crippen LogP contribution in [0.2, 0.25) is 0 Å². The molecule has 1 aliphatic carbocycles. The van der Waals surface area contributed by atoms with E-state index < -0.39 is 5.97 Å². The molecule has 0 saturated carbocycles. The summed E-state index contributed by atoms with van der Waals surface area (Å²) in [5.41, 5.74) is 0.205. The van der Waals surface area contributed by atoms with Gasteiger partial charge in [0.05, 0.1) is 30.2 Å². The van der Waals surface area contributed by atoms with E-state index in [1.54, 1.807) is 0 Å². The SMILES string of the molecule is COc1ccc(C(=O)O)cc1N1C(=O)C2CC=CCC2C1=O. The molecule has 2 unspecified atom stereocenters. The Kier molecular flexibility index (Phi) is 3.44. The molecule has 1 aromatic carbocycles. The number of hydrogen-bond acceptors (Lipinski definition) is 4. The zero-order valence-corrected chi connectivity index (χ0v) is 12.0. The van der Waals surface area contributed by atoms with Gasteiger partial charge < -0.3 is 9.84 Å². The second-order valence-corrected chi connectivity index (χ2v) is 5.36. The zero-order chi connectivity index (χ0) is 15.9. The van der Waals surface area contributed by atoms with E-state index in [1.807, 2.05) is 12.2 Å². The average molecular weight is 301 g/mol. The summed E-state index contributed by atoms with van der Waals surface area (Å²) >= 11 is 0. The van der Waals surface area contributed by atoms with Crippen LogP contribution >= 0.6 is 0 Å². The maximum absolute atomic E-state index is 12.6. The summed E-state index contributed by atoms with van der Waals surface area (Å²) in [4.78, 5) is 37.4. The van der Waals surface area contributed by atoms with Gasteiger partial charge in [-0.05, 0) is 31.0 Å². The summed E-state index contributed by atoms with van der Waals surface area (Å²) in [5, 5.41) is 9.11. The Morgan fingerprint density at radius 1 is 1.18 bits per heavy atom. The second kappa shape index (κ2) is 5.29. The van der Waals surface area contributed by atoms with E-state index in [0.29, 0.717) is 18.6 Å². The van der Waals surface area contributed by atoms with E-state index >= 15 is 0 Å². The number of aromatic carboxylic acids is 1. The number of hydrogen-bond donors (Lipinski definition) is 1. The van der Waals surface area contributed by atoms with Crippen LogP contribution in [0.1, 0.15) is 23.2 Å². The summed E-state index contributed by atoms with van der Waals surface area (Å²) in [6.07, 6.45) is 4.88. The van der Waals surface area contributed by atoms with Crippen LogP contribution in [-0.4, -0.2) is 30.0 Å². The van der Waals surface area contributed by atoms with Crippen LogP contribution < -0.4 is 9.64 Å². The third-order valence-electron chi connectivity index (χ3n) is 4.17. The standard InChI is InChI=1S/C16H15NO5/c1-22-13-7-6-9(16(20)21)8-12(13)17-14(18)10-4-2-3-5-11(10)15(17)19/h2-3,6-8,10-11H,4-5H2,1H3,(H,20,21). The highest BCUT2D eigenvalue weighted by Gasteiger charge is 2.48. The molecule has 1 fully saturated rings. The number of carboxylic acid groups (broad SMARTS) is 1. The van der Waals surface area contributed by atoms with Crippen LogP contribution in [0, 0.1) is 11.8 Å². The molecule has 1 aromatic rings. The molecule has 1 N–H and O–H groups in total. The quantitative estimate of drug-likeness (QED) is 0.680. The number of imide groups is 1. The van der Waals surface area contributed by atoms with E-state index in [0.717, 1.165) is 4.90 Å². The monoisotopic (exact) mass is 301 g/mol. The number of nitrogens with zero attached hydrogens (tertiary/aromatic N) is 1. The summed E-state index contributed by atoms with van der Waals surface area (Å²) in [7, 11) is 1.42. The molecule has 3 rings (SSSR count). The summed E-state index contributed by atoms with van der Waals surface area (Å²) in [5.74, 6) is -2.13.